The maximum atomic E-state index is 12.6. The van der Waals surface area contributed by atoms with E-state index in [-0.39, 0.29) is 36.3 Å². The number of aryl methyl sites for hydroxylation is 1. The average molecular weight is 370 g/mol. The van der Waals surface area contributed by atoms with E-state index in [4.69, 9.17) is 5.73 Å². The molecule has 0 aliphatic heterocycles. The van der Waals surface area contributed by atoms with Crippen molar-refractivity contribution >= 4 is 41.6 Å². The first kappa shape index (κ1) is 20.7. The largest absolute Gasteiger partial charge is 0.350 e. The summed E-state index contributed by atoms with van der Waals surface area (Å²) in [5, 5.41) is 3.93. The Morgan fingerprint density at radius 2 is 1.88 bits per heavy atom. The van der Waals surface area contributed by atoms with Crippen LogP contribution in [0.15, 0.2) is 30.3 Å². The van der Waals surface area contributed by atoms with Gasteiger partial charge in [-0.2, -0.15) is 0 Å². The number of amides is 1. The van der Waals surface area contributed by atoms with Gasteiger partial charge in [-0.05, 0) is 31.9 Å². The van der Waals surface area contributed by atoms with Gasteiger partial charge in [-0.3, -0.25) is 9.78 Å². The SMILES string of the molecule is Cc1cc(C(=O)NCC2(N)CCCCC2)c2ccccc2n1.Cl.Cl. The summed E-state index contributed by atoms with van der Waals surface area (Å²) in [6, 6.07) is 9.59. The van der Waals surface area contributed by atoms with Gasteiger partial charge in [0.05, 0.1) is 11.1 Å². The summed E-state index contributed by atoms with van der Waals surface area (Å²) >= 11 is 0. The van der Waals surface area contributed by atoms with E-state index in [1.807, 2.05) is 37.3 Å². The summed E-state index contributed by atoms with van der Waals surface area (Å²) in [5.74, 6) is -0.0582. The van der Waals surface area contributed by atoms with Crippen LogP contribution >= 0.6 is 24.8 Å². The first-order chi connectivity index (χ1) is 10.6. The Hall–Kier alpha value is -1.36. The van der Waals surface area contributed by atoms with Gasteiger partial charge in [0.15, 0.2) is 0 Å². The minimum absolute atomic E-state index is 0. The number of nitrogens with zero attached hydrogens (tertiary/aromatic N) is 1. The molecule has 2 aromatic rings. The van der Waals surface area contributed by atoms with Crippen LogP contribution in [0.3, 0.4) is 0 Å². The van der Waals surface area contributed by atoms with Gasteiger partial charge < -0.3 is 11.1 Å². The van der Waals surface area contributed by atoms with Crippen molar-refractivity contribution in [1.29, 1.82) is 0 Å². The molecule has 6 heteroatoms. The van der Waals surface area contributed by atoms with Crippen molar-refractivity contribution in [2.45, 2.75) is 44.6 Å². The van der Waals surface area contributed by atoms with Crippen LogP contribution in [0.1, 0.15) is 48.2 Å². The smallest absolute Gasteiger partial charge is 0.252 e. The highest BCUT2D eigenvalue weighted by Crippen LogP contribution is 2.25. The van der Waals surface area contributed by atoms with E-state index in [0.717, 1.165) is 42.3 Å². The summed E-state index contributed by atoms with van der Waals surface area (Å²) in [4.78, 5) is 17.1. The molecule has 0 radical (unpaired) electrons. The number of halogens is 2. The lowest BCUT2D eigenvalue weighted by Gasteiger charge is -2.33. The van der Waals surface area contributed by atoms with Crippen molar-refractivity contribution in [3.8, 4) is 0 Å². The van der Waals surface area contributed by atoms with Gasteiger partial charge in [0, 0.05) is 23.2 Å². The molecule has 1 fully saturated rings. The molecule has 0 atom stereocenters. The molecule has 24 heavy (non-hydrogen) atoms. The van der Waals surface area contributed by atoms with E-state index >= 15 is 0 Å². The van der Waals surface area contributed by atoms with Gasteiger partial charge in [0.25, 0.3) is 5.91 Å². The molecule has 1 aliphatic carbocycles. The van der Waals surface area contributed by atoms with Crippen LogP contribution in [-0.2, 0) is 0 Å². The zero-order chi connectivity index (χ0) is 15.6. The van der Waals surface area contributed by atoms with Crippen LogP contribution in [0.5, 0.6) is 0 Å². The quantitative estimate of drug-likeness (QED) is 0.864. The van der Waals surface area contributed by atoms with Gasteiger partial charge in [-0.15, -0.1) is 24.8 Å². The highest BCUT2D eigenvalue weighted by atomic mass is 35.5. The number of nitrogens with two attached hydrogens (primary N) is 1. The van der Waals surface area contributed by atoms with Crippen molar-refractivity contribution in [3.05, 3.63) is 41.6 Å². The molecule has 0 spiro atoms. The Morgan fingerprint density at radius 3 is 2.58 bits per heavy atom. The molecule has 132 valence electrons. The molecule has 0 unspecified atom stereocenters. The number of carbonyl (C=O) groups is 1. The normalized spacial score (nSPS) is 15.9. The Morgan fingerprint density at radius 1 is 1.21 bits per heavy atom. The van der Waals surface area contributed by atoms with Gasteiger partial charge >= 0.3 is 0 Å². The average Bonchev–Trinajstić information content (AvgIpc) is 2.52. The third-order valence-electron chi connectivity index (χ3n) is 4.54. The Labute approximate surface area is 155 Å². The topological polar surface area (TPSA) is 68.0 Å². The zero-order valence-electron chi connectivity index (χ0n) is 13.9. The lowest BCUT2D eigenvalue weighted by molar-refractivity contribution is 0.0939. The number of aromatic nitrogens is 1. The Bertz CT molecular complexity index is 700. The van der Waals surface area contributed by atoms with Gasteiger partial charge in [0.2, 0.25) is 0 Å². The lowest BCUT2D eigenvalue weighted by Crippen LogP contribution is -2.51. The molecule has 1 saturated carbocycles. The van der Waals surface area contributed by atoms with Crippen LogP contribution in [-0.4, -0.2) is 23.0 Å². The summed E-state index contributed by atoms with van der Waals surface area (Å²) in [5.41, 5.74) is 8.54. The van der Waals surface area contributed by atoms with Crippen LogP contribution < -0.4 is 11.1 Å². The van der Waals surface area contributed by atoms with E-state index in [0.29, 0.717) is 12.1 Å². The van der Waals surface area contributed by atoms with Crippen LogP contribution in [0, 0.1) is 6.92 Å². The van der Waals surface area contributed by atoms with E-state index in [1.54, 1.807) is 0 Å². The van der Waals surface area contributed by atoms with Crippen LogP contribution in [0.2, 0.25) is 0 Å². The maximum Gasteiger partial charge on any atom is 0.252 e. The maximum absolute atomic E-state index is 12.6. The molecule has 0 saturated heterocycles. The Kier molecular flexibility index (Phi) is 7.46. The molecule has 3 N–H and O–H groups in total. The molecule has 0 bridgehead atoms. The fourth-order valence-electron chi connectivity index (χ4n) is 3.28. The number of benzene rings is 1. The second-order valence-corrected chi connectivity index (χ2v) is 6.43. The van der Waals surface area contributed by atoms with Gasteiger partial charge in [0.1, 0.15) is 0 Å². The fourth-order valence-corrected chi connectivity index (χ4v) is 3.28. The number of nitrogens with one attached hydrogen (secondary N) is 1. The first-order valence-electron chi connectivity index (χ1n) is 8.01. The molecular formula is C18H25Cl2N3O. The number of fused-ring (bicyclic) bond motifs is 1. The predicted molar refractivity (Wildman–Crippen MR) is 103 cm³/mol. The summed E-state index contributed by atoms with van der Waals surface area (Å²) < 4.78 is 0. The molecule has 1 amide bonds. The van der Waals surface area contributed by atoms with Crippen molar-refractivity contribution < 1.29 is 4.79 Å². The molecule has 1 heterocycles. The minimum Gasteiger partial charge on any atom is -0.350 e. The predicted octanol–water partition coefficient (Wildman–Crippen LogP) is 3.78. The van der Waals surface area contributed by atoms with Crippen molar-refractivity contribution in [2.75, 3.05) is 6.54 Å². The molecular weight excluding hydrogens is 345 g/mol. The highest BCUT2D eigenvalue weighted by Gasteiger charge is 2.28. The molecule has 1 aromatic heterocycles. The monoisotopic (exact) mass is 369 g/mol. The number of para-hydroxylation sites is 1. The standard InChI is InChI=1S/C18H23N3O.2ClH/c1-13-11-15(14-7-3-4-8-16(14)21-13)17(22)20-12-18(19)9-5-2-6-10-18;;/h3-4,7-8,11H,2,5-6,9-10,12,19H2,1H3,(H,20,22);2*1H. The van der Waals surface area contributed by atoms with E-state index in [2.05, 4.69) is 10.3 Å². The number of hydrogen-bond acceptors (Lipinski definition) is 3. The van der Waals surface area contributed by atoms with Crippen LogP contribution in [0.25, 0.3) is 10.9 Å². The number of pyridine rings is 1. The lowest BCUT2D eigenvalue weighted by atomic mass is 9.82. The van der Waals surface area contributed by atoms with E-state index in [1.165, 1.54) is 6.42 Å². The van der Waals surface area contributed by atoms with Crippen molar-refractivity contribution in [1.82, 2.24) is 10.3 Å². The fraction of sp³-hybridized carbons (Fsp3) is 0.444. The summed E-state index contributed by atoms with van der Waals surface area (Å²) in [6.45, 7) is 2.45. The third-order valence-corrected chi connectivity index (χ3v) is 4.54. The highest BCUT2D eigenvalue weighted by molar-refractivity contribution is 6.06. The second-order valence-electron chi connectivity index (χ2n) is 6.43. The molecule has 4 nitrogen and oxygen atoms in total. The zero-order valence-corrected chi connectivity index (χ0v) is 15.5. The molecule has 3 rings (SSSR count). The molecule has 1 aromatic carbocycles. The minimum atomic E-state index is -0.244. The number of carbonyl (C=O) groups excluding carboxylic acids is 1. The number of hydrogen-bond donors (Lipinski definition) is 2. The summed E-state index contributed by atoms with van der Waals surface area (Å²) in [7, 11) is 0. The van der Waals surface area contributed by atoms with Crippen molar-refractivity contribution in [3.63, 3.8) is 0 Å². The second kappa shape index (κ2) is 8.65. The van der Waals surface area contributed by atoms with E-state index < -0.39 is 0 Å². The first-order valence-corrected chi connectivity index (χ1v) is 8.01. The van der Waals surface area contributed by atoms with Gasteiger partial charge in [-0.1, -0.05) is 37.5 Å². The third kappa shape index (κ3) is 4.59. The summed E-state index contributed by atoms with van der Waals surface area (Å²) in [6.07, 6.45) is 5.54. The van der Waals surface area contributed by atoms with Crippen molar-refractivity contribution in [2.24, 2.45) is 5.73 Å². The number of rotatable bonds is 3. The molecule has 1 aliphatic rings. The Balaban J connectivity index is 0.00000144. The van der Waals surface area contributed by atoms with Crippen LogP contribution in [0.4, 0.5) is 0 Å². The van der Waals surface area contributed by atoms with E-state index in [9.17, 15) is 4.79 Å². The van der Waals surface area contributed by atoms with Gasteiger partial charge in [-0.25, -0.2) is 0 Å².